The number of nitrogens with zero attached hydrogens (tertiary/aromatic N) is 2. The first-order valence-electron chi connectivity index (χ1n) is 10.7. The zero-order valence-corrected chi connectivity index (χ0v) is 19.9. The van der Waals surface area contributed by atoms with Crippen molar-refractivity contribution in [1.82, 2.24) is 9.78 Å². The van der Waals surface area contributed by atoms with Gasteiger partial charge in [0.2, 0.25) is 5.91 Å². The first-order valence-corrected chi connectivity index (χ1v) is 10.7. The second-order valence-electron chi connectivity index (χ2n) is 7.73. The molecule has 2 N–H and O–H groups in total. The van der Waals surface area contributed by atoms with Gasteiger partial charge in [-0.3, -0.25) is 14.4 Å². The van der Waals surface area contributed by atoms with Crippen LogP contribution in [-0.4, -0.2) is 41.8 Å². The highest BCUT2D eigenvalue weighted by Crippen LogP contribution is 2.28. The van der Waals surface area contributed by atoms with Gasteiger partial charge in [0.25, 0.3) is 5.91 Å². The highest BCUT2D eigenvalue weighted by atomic mass is 16.5. The predicted molar refractivity (Wildman–Crippen MR) is 129 cm³/mol. The van der Waals surface area contributed by atoms with E-state index in [-0.39, 0.29) is 24.2 Å². The molecule has 0 saturated carbocycles. The molecule has 0 saturated heterocycles. The number of ether oxygens (including phenoxy) is 2. The number of rotatable bonds is 8. The molecule has 0 bridgehead atoms. The van der Waals surface area contributed by atoms with E-state index in [0.29, 0.717) is 29.1 Å². The van der Waals surface area contributed by atoms with Gasteiger partial charge in [-0.15, -0.1) is 0 Å². The molecule has 1 aromatic heterocycles. The van der Waals surface area contributed by atoms with Crippen LogP contribution in [0.4, 0.5) is 11.4 Å². The van der Waals surface area contributed by atoms with Crippen molar-refractivity contribution in [2.75, 3.05) is 24.9 Å². The number of nitrogens with one attached hydrogen (secondary N) is 2. The summed E-state index contributed by atoms with van der Waals surface area (Å²) < 4.78 is 11.8. The van der Waals surface area contributed by atoms with Crippen LogP contribution in [0.25, 0.3) is 5.69 Å². The highest BCUT2D eigenvalue weighted by molar-refractivity contribution is 6.05. The second kappa shape index (κ2) is 10.7. The van der Waals surface area contributed by atoms with Crippen molar-refractivity contribution in [2.45, 2.75) is 33.6 Å². The number of aryl methyl sites for hydroxylation is 1. The number of methoxy groups -OCH3 is 2. The minimum absolute atomic E-state index is 0.212. The van der Waals surface area contributed by atoms with E-state index in [1.165, 1.54) is 21.1 Å². The van der Waals surface area contributed by atoms with E-state index in [1.54, 1.807) is 35.0 Å². The third-order valence-corrected chi connectivity index (χ3v) is 5.39. The summed E-state index contributed by atoms with van der Waals surface area (Å²) in [6.45, 7) is 5.26. The van der Waals surface area contributed by atoms with Gasteiger partial charge in [0.1, 0.15) is 5.75 Å². The number of amides is 2. The van der Waals surface area contributed by atoms with E-state index in [2.05, 4.69) is 15.7 Å². The molecule has 0 fully saturated rings. The van der Waals surface area contributed by atoms with Crippen LogP contribution in [0.5, 0.6) is 5.75 Å². The van der Waals surface area contributed by atoms with Gasteiger partial charge >= 0.3 is 5.97 Å². The van der Waals surface area contributed by atoms with Crippen molar-refractivity contribution < 1.29 is 23.9 Å². The zero-order valence-electron chi connectivity index (χ0n) is 19.9. The van der Waals surface area contributed by atoms with E-state index in [9.17, 15) is 14.4 Å². The zero-order chi connectivity index (χ0) is 24.8. The Bertz CT molecular complexity index is 1210. The van der Waals surface area contributed by atoms with E-state index >= 15 is 0 Å². The van der Waals surface area contributed by atoms with Gasteiger partial charge in [-0.2, -0.15) is 5.10 Å². The maximum atomic E-state index is 12.8. The van der Waals surface area contributed by atoms with Gasteiger partial charge in [-0.25, -0.2) is 4.68 Å². The summed E-state index contributed by atoms with van der Waals surface area (Å²) in [7, 11) is 2.88. The van der Waals surface area contributed by atoms with Gasteiger partial charge < -0.3 is 20.1 Å². The average molecular weight is 465 g/mol. The lowest BCUT2D eigenvalue weighted by Crippen LogP contribution is -2.14. The summed E-state index contributed by atoms with van der Waals surface area (Å²) in [5.41, 5.74) is 5.00. The molecule has 9 heteroatoms. The fourth-order valence-corrected chi connectivity index (χ4v) is 3.65. The Morgan fingerprint density at radius 1 is 1.00 bits per heavy atom. The minimum atomic E-state index is -0.322. The molecule has 1 heterocycles. The molecule has 0 unspecified atom stereocenters. The SMILES string of the molecule is COC(=O)CCc1c(C)nn(-c2ccc(C(=O)Nc3cc(NC(C)=O)ccc3OC)cc2)c1C. The molecule has 178 valence electrons. The summed E-state index contributed by atoms with van der Waals surface area (Å²) in [6.07, 6.45) is 0.833. The number of hydrogen-bond acceptors (Lipinski definition) is 6. The molecule has 2 amide bonds. The van der Waals surface area contributed by atoms with Crippen LogP contribution in [-0.2, 0) is 20.7 Å². The number of hydrogen-bond donors (Lipinski definition) is 2. The minimum Gasteiger partial charge on any atom is -0.495 e. The van der Waals surface area contributed by atoms with Crippen molar-refractivity contribution in [1.29, 1.82) is 0 Å². The smallest absolute Gasteiger partial charge is 0.305 e. The van der Waals surface area contributed by atoms with Crippen LogP contribution < -0.4 is 15.4 Å². The number of esters is 1. The lowest BCUT2D eigenvalue weighted by Gasteiger charge is -2.13. The van der Waals surface area contributed by atoms with E-state index < -0.39 is 0 Å². The molecule has 34 heavy (non-hydrogen) atoms. The Kier molecular flexibility index (Phi) is 7.68. The Morgan fingerprint density at radius 2 is 1.71 bits per heavy atom. The van der Waals surface area contributed by atoms with Crippen molar-refractivity contribution >= 4 is 29.2 Å². The molecule has 0 atom stereocenters. The van der Waals surface area contributed by atoms with Gasteiger partial charge in [0, 0.05) is 30.3 Å². The van der Waals surface area contributed by atoms with Gasteiger partial charge in [0.15, 0.2) is 0 Å². The fraction of sp³-hybridized carbons (Fsp3) is 0.280. The van der Waals surface area contributed by atoms with Crippen molar-refractivity contribution in [3.05, 3.63) is 65.0 Å². The molecule has 0 aliphatic carbocycles. The molecule has 3 rings (SSSR count). The molecular weight excluding hydrogens is 436 g/mol. The third kappa shape index (κ3) is 5.61. The van der Waals surface area contributed by atoms with E-state index in [4.69, 9.17) is 9.47 Å². The Morgan fingerprint density at radius 3 is 2.32 bits per heavy atom. The quantitative estimate of drug-likeness (QED) is 0.491. The molecule has 9 nitrogen and oxygen atoms in total. The Hall–Kier alpha value is -4.14. The predicted octanol–water partition coefficient (Wildman–Crippen LogP) is 3.81. The average Bonchev–Trinajstić information content (AvgIpc) is 3.10. The van der Waals surface area contributed by atoms with Crippen LogP contribution in [0.2, 0.25) is 0 Å². The summed E-state index contributed by atoms with van der Waals surface area (Å²) in [4.78, 5) is 35.7. The van der Waals surface area contributed by atoms with Crippen LogP contribution in [0.1, 0.15) is 40.7 Å². The summed E-state index contributed by atoms with van der Waals surface area (Å²) in [5.74, 6) is -0.324. The lowest BCUT2D eigenvalue weighted by molar-refractivity contribution is -0.140. The van der Waals surface area contributed by atoms with Crippen LogP contribution in [0, 0.1) is 13.8 Å². The first-order chi connectivity index (χ1) is 16.2. The molecule has 3 aromatic rings. The largest absolute Gasteiger partial charge is 0.495 e. The summed E-state index contributed by atoms with van der Waals surface area (Å²) in [6, 6.07) is 12.0. The number of carbonyl (C=O) groups excluding carboxylic acids is 3. The lowest BCUT2D eigenvalue weighted by atomic mass is 10.1. The number of benzene rings is 2. The van der Waals surface area contributed by atoms with Crippen molar-refractivity contribution in [2.24, 2.45) is 0 Å². The number of aromatic nitrogens is 2. The Balaban J connectivity index is 1.78. The van der Waals surface area contributed by atoms with Crippen molar-refractivity contribution in [3.8, 4) is 11.4 Å². The number of anilines is 2. The molecule has 0 radical (unpaired) electrons. The topological polar surface area (TPSA) is 112 Å². The maximum absolute atomic E-state index is 12.8. The molecule has 2 aromatic carbocycles. The fourth-order valence-electron chi connectivity index (χ4n) is 3.65. The molecular formula is C25H28N4O5. The second-order valence-corrected chi connectivity index (χ2v) is 7.73. The van der Waals surface area contributed by atoms with Crippen LogP contribution in [0.15, 0.2) is 42.5 Å². The van der Waals surface area contributed by atoms with E-state index in [0.717, 1.165) is 22.6 Å². The van der Waals surface area contributed by atoms with Crippen molar-refractivity contribution in [3.63, 3.8) is 0 Å². The maximum Gasteiger partial charge on any atom is 0.305 e. The van der Waals surface area contributed by atoms with E-state index in [1.807, 2.05) is 26.0 Å². The van der Waals surface area contributed by atoms with Gasteiger partial charge in [0.05, 0.1) is 31.3 Å². The van der Waals surface area contributed by atoms with Gasteiger partial charge in [-0.1, -0.05) is 0 Å². The standard InChI is InChI=1S/C25H28N4O5/c1-15-21(11-13-24(31)34-5)16(2)29(28-15)20-9-6-18(7-10-20)25(32)27-22-14-19(26-17(3)30)8-12-23(22)33-4/h6-10,12,14H,11,13H2,1-5H3,(H,26,30)(H,27,32). The molecule has 0 aliphatic heterocycles. The molecule has 0 aliphatic rings. The normalized spacial score (nSPS) is 10.5. The van der Waals surface area contributed by atoms with Gasteiger partial charge in [-0.05, 0) is 68.3 Å². The third-order valence-electron chi connectivity index (χ3n) is 5.39. The van der Waals surface area contributed by atoms with Crippen LogP contribution in [0.3, 0.4) is 0 Å². The highest BCUT2D eigenvalue weighted by Gasteiger charge is 2.16. The number of carbonyl (C=O) groups is 3. The van der Waals surface area contributed by atoms with Crippen LogP contribution >= 0.6 is 0 Å². The summed E-state index contributed by atoms with van der Waals surface area (Å²) in [5, 5.41) is 10.1. The Labute approximate surface area is 198 Å². The molecule has 0 spiro atoms. The first kappa shape index (κ1) is 24.5. The summed E-state index contributed by atoms with van der Waals surface area (Å²) >= 11 is 0. The monoisotopic (exact) mass is 464 g/mol.